The van der Waals surface area contributed by atoms with Crippen molar-refractivity contribution in [2.24, 2.45) is 0 Å². The SMILES string of the molecule is CCCCC(=O)N1CCS[C@H]1c1cccs1. The van der Waals surface area contributed by atoms with E-state index in [2.05, 4.69) is 24.4 Å². The van der Waals surface area contributed by atoms with Crippen molar-refractivity contribution < 1.29 is 4.79 Å². The molecule has 1 aliphatic rings. The zero-order valence-electron chi connectivity index (χ0n) is 9.52. The van der Waals surface area contributed by atoms with Gasteiger partial charge in [0.1, 0.15) is 5.37 Å². The molecule has 2 heterocycles. The molecule has 1 aliphatic heterocycles. The molecule has 88 valence electrons. The molecule has 0 aliphatic carbocycles. The summed E-state index contributed by atoms with van der Waals surface area (Å²) in [5.74, 6) is 1.39. The average Bonchev–Trinajstić information content (AvgIpc) is 2.94. The van der Waals surface area contributed by atoms with Gasteiger partial charge in [-0.3, -0.25) is 4.79 Å². The second-order valence-electron chi connectivity index (χ2n) is 3.93. The lowest BCUT2D eigenvalue weighted by Crippen LogP contribution is -2.29. The Balaban J connectivity index is 2.01. The standard InChI is InChI=1S/C12H17NOS2/c1-2-3-6-11(14)13-7-9-16-12(13)10-5-4-8-15-10/h4-5,8,12H,2-3,6-7,9H2,1H3/t12-/m0/s1. The predicted octanol–water partition coefficient (Wildman–Crippen LogP) is 3.51. The molecule has 0 radical (unpaired) electrons. The number of thioether (sulfide) groups is 1. The fourth-order valence-corrected chi connectivity index (χ4v) is 4.12. The molecular weight excluding hydrogens is 238 g/mol. The summed E-state index contributed by atoms with van der Waals surface area (Å²) in [6.45, 7) is 3.04. The zero-order valence-corrected chi connectivity index (χ0v) is 11.1. The molecule has 0 N–H and O–H groups in total. The lowest BCUT2D eigenvalue weighted by molar-refractivity contribution is -0.131. The molecule has 1 aromatic heterocycles. The van der Waals surface area contributed by atoms with E-state index in [0.717, 1.165) is 25.1 Å². The van der Waals surface area contributed by atoms with Crippen LogP contribution in [-0.2, 0) is 4.79 Å². The highest BCUT2D eigenvalue weighted by Gasteiger charge is 2.30. The Morgan fingerprint density at radius 1 is 1.62 bits per heavy atom. The maximum absolute atomic E-state index is 12.0. The van der Waals surface area contributed by atoms with Gasteiger partial charge < -0.3 is 4.90 Å². The summed E-state index contributed by atoms with van der Waals surface area (Å²) < 4.78 is 0. The van der Waals surface area contributed by atoms with Crippen LogP contribution in [-0.4, -0.2) is 23.1 Å². The van der Waals surface area contributed by atoms with Crippen molar-refractivity contribution in [2.75, 3.05) is 12.3 Å². The Bertz CT molecular complexity index is 337. The molecule has 0 bridgehead atoms. The Morgan fingerprint density at radius 2 is 2.50 bits per heavy atom. The molecule has 1 saturated heterocycles. The Kier molecular flexibility index (Phi) is 4.29. The Morgan fingerprint density at radius 3 is 3.19 bits per heavy atom. The molecule has 1 atom stereocenters. The largest absolute Gasteiger partial charge is 0.325 e. The van der Waals surface area contributed by atoms with E-state index in [1.54, 1.807) is 11.3 Å². The van der Waals surface area contributed by atoms with Gasteiger partial charge in [-0.25, -0.2) is 0 Å². The number of nitrogens with zero attached hydrogens (tertiary/aromatic N) is 1. The highest BCUT2D eigenvalue weighted by molar-refractivity contribution is 7.99. The number of carbonyl (C=O) groups is 1. The Hall–Kier alpha value is -0.480. The van der Waals surface area contributed by atoms with E-state index in [9.17, 15) is 4.79 Å². The summed E-state index contributed by atoms with van der Waals surface area (Å²) in [6, 6.07) is 4.20. The van der Waals surface area contributed by atoms with Crippen LogP contribution in [0.4, 0.5) is 0 Å². The van der Waals surface area contributed by atoms with Gasteiger partial charge >= 0.3 is 0 Å². The molecule has 1 fully saturated rings. The topological polar surface area (TPSA) is 20.3 Å². The van der Waals surface area contributed by atoms with Gasteiger partial charge in [-0.1, -0.05) is 19.4 Å². The van der Waals surface area contributed by atoms with Gasteiger partial charge in [0.15, 0.2) is 0 Å². The van der Waals surface area contributed by atoms with Gasteiger partial charge in [0.2, 0.25) is 5.91 Å². The number of hydrogen-bond donors (Lipinski definition) is 0. The minimum absolute atomic E-state index is 0.282. The monoisotopic (exact) mass is 255 g/mol. The smallest absolute Gasteiger partial charge is 0.223 e. The van der Waals surface area contributed by atoms with Gasteiger partial charge in [0.25, 0.3) is 0 Å². The van der Waals surface area contributed by atoms with E-state index in [-0.39, 0.29) is 5.37 Å². The lowest BCUT2D eigenvalue weighted by Gasteiger charge is -2.22. The van der Waals surface area contributed by atoms with Crippen LogP contribution >= 0.6 is 23.1 Å². The van der Waals surface area contributed by atoms with Crippen molar-refractivity contribution in [2.45, 2.75) is 31.6 Å². The van der Waals surface area contributed by atoms with E-state index in [1.165, 1.54) is 4.88 Å². The summed E-state index contributed by atoms with van der Waals surface area (Å²) in [6.07, 6.45) is 2.81. The van der Waals surface area contributed by atoms with Gasteiger partial charge in [0, 0.05) is 23.6 Å². The summed E-state index contributed by atoms with van der Waals surface area (Å²) in [5.41, 5.74) is 0. The third-order valence-corrected chi connectivity index (χ3v) is 5.06. The second-order valence-corrected chi connectivity index (χ2v) is 6.10. The fraction of sp³-hybridized carbons (Fsp3) is 0.583. The summed E-state index contributed by atoms with van der Waals surface area (Å²) in [4.78, 5) is 15.4. The maximum Gasteiger partial charge on any atom is 0.223 e. The minimum atomic E-state index is 0.282. The Labute approximate surface area is 105 Å². The highest BCUT2D eigenvalue weighted by Crippen LogP contribution is 2.40. The van der Waals surface area contributed by atoms with Crippen LogP contribution in [0.5, 0.6) is 0 Å². The van der Waals surface area contributed by atoms with Gasteiger partial charge in [-0.2, -0.15) is 0 Å². The van der Waals surface area contributed by atoms with Gasteiger partial charge in [0.05, 0.1) is 0 Å². The third-order valence-electron chi connectivity index (χ3n) is 2.74. The molecule has 0 unspecified atom stereocenters. The molecule has 1 aromatic rings. The molecule has 16 heavy (non-hydrogen) atoms. The predicted molar refractivity (Wildman–Crippen MR) is 70.8 cm³/mol. The lowest BCUT2D eigenvalue weighted by atomic mass is 10.2. The van der Waals surface area contributed by atoms with E-state index < -0.39 is 0 Å². The van der Waals surface area contributed by atoms with Crippen molar-refractivity contribution in [3.05, 3.63) is 22.4 Å². The number of rotatable bonds is 4. The molecule has 0 spiro atoms. The molecule has 2 rings (SSSR count). The van der Waals surface area contributed by atoms with Crippen LogP contribution in [0.3, 0.4) is 0 Å². The van der Waals surface area contributed by atoms with E-state index in [4.69, 9.17) is 0 Å². The quantitative estimate of drug-likeness (QED) is 0.820. The van der Waals surface area contributed by atoms with E-state index in [1.807, 2.05) is 16.7 Å². The van der Waals surface area contributed by atoms with E-state index in [0.29, 0.717) is 12.3 Å². The molecule has 0 saturated carbocycles. The van der Waals surface area contributed by atoms with Crippen LogP contribution in [0.25, 0.3) is 0 Å². The minimum Gasteiger partial charge on any atom is -0.325 e. The number of thiophene rings is 1. The van der Waals surface area contributed by atoms with E-state index >= 15 is 0 Å². The summed E-state index contributed by atoms with van der Waals surface area (Å²) in [7, 11) is 0. The second kappa shape index (κ2) is 5.73. The van der Waals surface area contributed by atoms with Gasteiger partial charge in [-0.15, -0.1) is 23.1 Å². The van der Waals surface area contributed by atoms with Crippen molar-refractivity contribution >= 4 is 29.0 Å². The van der Waals surface area contributed by atoms with Gasteiger partial charge in [-0.05, 0) is 17.9 Å². The highest BCUT2D eigenvalue weighted by atomic mass is 32.2. The maximum atomic E-state index is 12.0. The average molecular weight is 255 g/mol. The first-order chi connectivity index (χ1) is 7.83. The van der Waals surface area contributed by atoms with Crippen molar-refractivity contribution in [1.29, 1.82) is 0 Å². The number of carbonyl (C=O) groups excluding carboxylic acids is 1. The normalized spacial score (nSPS) is 20.3. The van der Waals surface area contributed by atoms with Crippen LogP contribution in [0.2, 0.25) is 0 Å². The molecule has 1 amide bonds. The van der Waals surface area contributed by atoms with Crippen LogP contribution in [0.15, 0.2) is 17.5 Å². The van der Waals surface area contributed by atoms with Crippen molar-refractivity contribution in [3.8, 4) is 0 Å². The van der Waals surface area contributed by atoms with Crippen molar-refractivity contribution in [3.63, 3.8) is 0 Å². The molecule has 4 heteroatoms. The fourth-order valence-electron chi connectivity index (χ4n) is 1.86. The number of hydrogen-bond acceptors (Lipinski definition) is 3. The van der Waals surface area contributed by atoms with Crippen LogP contribution < -0.4 is 0 Å². The summed E-state index contributed by atoms with van der Waals surface area (Å²) in [5, 5.41) is 2.37. The first-order valence-electron chi connectivity index (χ1n) is 5.77. The van der Waals surface area contributed by atoms with Crippen LogP contribution in [0.1, 0.15) is 36.4 Å². The van der Waals surface area contributed by atoms with Crippen LogP contribution in [0, 0.1) is 0 Å². The summed E-state index contributed by atoms with van der Waals surface area (Å²) >= 11 is 3.64. The third kappa shape index (κ3) is 2.61. The number of amides is 1. The zero-order chi connectivity index (χ0) is 11.4. The molecule has 0 aromatic carbocycles. The molecular formula is C12H17NOS2. The van der Waals surface area contributed by atoms with Crippen molar-refractivity contribution in [1.82, 2.24) is 4.90 Å². The first kappa shape index (κ1) is 12.0. The number of unbranched alkanes of at least 4 members (excludes halogenated alkanes) is 1. The molecule has 2 nitrogen and oxygen atoms in total. The first-order valence-corrected chi connectivity index (χ1v) is 7.70.